The van der Waals surface area contributed by atoms with E-state index in [4.69, 9.17) is 11.6 Å². The maximum absolute atomic E-state index is 5.71. The van der Waals surface area contributed by atoms with Crippen LogP contribution < -0.4 is 0 Å². The maximum Gasteiger partial charge on any atom is 0.103 e. The van der Waals surface area contributed by atoms with Crippen molar-refractivity contribution in [2.24, 2.45) is 22.7 Å². The lowest BCUT2D eigenvalue weighted by Crippen LogP contribution is -2.09. The van der Waals surface area contributed by atoms with Gasteiger partial charge in [-0.3, -0.25) is 0 Å². The number of hydrogen-bond acceptors (Lipinski definition) is 1. The first-order chi connectivity index (χ1) is 6.18. The third kappa shape index (κ3) is 1.67. The molecule has 2 rings (SSSR count). The summed E-state index contributed by atoms with van der Waals surface area (Å²) in [5.74, 6) is 2.50. The van der Waals surface area contributed by atoms with E-state index >= 15 is 0 Å². The molecule has 13 heavy (non-hydrogen) atoms. The second-order valence-electron chi connectivity index (χ2n) is 4.31. The molecule has 0 spiro atoms. The van der Waals surface area contributed by atoms with E-state index in [-0.39, 0.29) is 0 Å². The van der Waals surface area contributed by atoms with Crippen LogP contribution in [-0.2, 0) is 0 Å². The Bertz CT molecular complexity index is 259. The van der Waals surface area contributed by atoms with Crippen LogP contribution in [0.4, 0.5) is 0 Å². The molecule has 2 fully saturated rings. The number of aliphatic imine (C=N–C) groups is 1. The van der Waals surface area contributed by atoms with Gasteiger partial charge >= 0.3 is 0 Å². The second kappa shape index (κ2) is 3.45. The van der Waals surface area contributed by atoms with Gasteiger partial charge in [0, 0.05) is 6.20 Å². The van der Waals surface area contributed by atoms with Crippen molar-refractivity contribution in [1.29, 1.82) is 0 Å². The Morgan fingerprint density at radius 3 is 2.85 bits per heavy atom. The molecular weight excluding hydrogens is 182 g/mol. The normalized spacial score (nSPS) is 41.9. The van der Waals surface area contributed by atoms with Crippen LogP contribution in [0.5, 0.6) is 0 Å². The zero-order valence-electron chi connectivity index (χ0n) is 8.26. The maximum atomic E-state index is 5.71. The van der Waals surface area contributed by atoms with Gasteiger partial charge in [-0.1, -0.05) is 18.5 Å². The average molecular weight is 198 g/mol. The molecular formula is C11H16ClN. The van der Waals surface area contributed by atoms with E-state index in [2.05, 4.69) is 11.9 Å². The van der Waals surface area contributed by atoms with E-state index in [0.717, 1.165) is 17.8 Å². The standard InChI is InChI=1S/C11H16ClN/c1-7-9-3-4-10(5-9)11(7)6-13-8(2)12/h6-7,9-10H,3-5H2,1-2H3/b11-6+,13-8?. The smallest absolute Gasteiger partial charge is 0.103 e. The van der Waals surface area contributed by atoms with Gasteiger partial charge in [0.15, 0.2) is 0 Å². The summed E-state index contributed by atoms with van der Waals surface area (Å²) in [6, 6.07) is 0. The Kier molecular flexibility index (Phi) is 2.46. The van der Waals surface area contributed by atoms with E-state index < -0.39 is 0 Å². The summed E-state index contributed by atoms with van der Waals surface area (Å²) in [4.78, 5) is 4.20. The predicted molar refractivity (Wildman–Crippen MR) is 57.0 cm³/mol. The van der Waals surface area contributed by atoms with E-state index in [0.29, 0.717) is 5.17 Å². The summed E-state index contributed by atoms with van der Waals surface area (Å²) in [5.41, 5.74) is 1.54. The average Bonchev–Trinajstić information content (AvgIpc) is 2.61. The van der Waals surface area contributed by atoms with Crippen LogP contribution >= 0.6 is 11.6 Å². The topological polar surface area (TPSA) is 12.4 Å². The van der Waals surface area contributed by atoms with Gasteiger partial charge in [0.1, 0.15) is 5.17 Å². The molecule has 0 aromatic rings. The van der Waals surface area contributed by atoms with Crippen LogP contribution in [0.2, 0.25) is 0 Å². The van der Waals surface area contributed by atoms with Crippen molar-refractivity contribution in [3.05, 3.63) is 11.8 Å². The van der Waals surface area contributed by atoms with E-state index in [9.17, 15) is 0 Å². The van der Waals surface area contributed by atoms with Crippen molar-refractivity contribution in [1.82, 2.24) is 0 Å². The highest BCUT2D eigenvalue weighted by atomic mass is 35.5. The highest BCUT2D eigenvalue weighted by Crippen LogP contribution is 2.51. The van der Waals surface area contributed by atoms with Crippen molar-refractivity contribution in [2.45, 2.75) is 33.1 Å². The summed E-state index contributed by atoms with van der Waals surface area (Å²) in [7, 11) is 0. The molecule has 72 valence electrons. The van der Waals surface area contributed by atoms with Crippen LogP contribution in [-0.4, -0.2) is 5.17 Å². The SMILES string of the molecule is CC(Cl)=N/C=C1/C2CCC(C2)C1C. The van der Waals surface area contributed by atoms with Gasteiger partial charge in [-0.2, -0.15) is 0 Å². The first kappa shape index (κ1) is 9.26. The van der Waals surface area contributed by atoms with Crippen LogP contribution in [0.15, 0.2) is 16.8 Å². The molecule has 0 aromatic carbocycles. The second-order valence-corrected chi connectivity index (χ2v) is 4.86. The van der Waals surface area contributed by atoms with Crippen molar-refractivity contribution < 1.29 is 0 Å². The van der Waals surface area contributed by atoms with E-state index in [1.54, 1.807) is 0 Å². The minimum absolute atomic E-state index is 0.641. The molecule has 2 saturated carbocycles. The molecule has 3 unspecified atom stereocenters. The first-order valence-electron chi connectivity index (χ1n) is 5.08. The molecule has 0 aromatic heterocycles. The lowest BCUT2D eigenvalue weighted by atomic mass is 9.86. The minimum atomic E-state index is 0.641. The first-order valence-corrected chi connectivity index (χ1v) is 5.46. The molecule has 0 aliphatic heterocycles. The highest BCUT2D eigenvalue weighted by Gasteiger charge is 2.40. The molecule has 2 bridgehead atoms. The van der Waals surface area contributed by atoms with Gasteiger partial charge in [-0.15, -0.1) is 0 Å². The Hall–Kier alpha value is -0.300. The summed E-state index contributed by atoms with van der Waals surface area (Å²) in [5, 5.41) is 0.641. The Morgan fingerprint density at radius 2 is 2.31 bits per heavy atom. The molecule has 0 N–H and O–H groups in total. The summed E-state index contributed by atoms with van der Waals surface area (Å²) < 4.78 is 0. The van der Waals surface area contributed by atoms with Crippen molar-refractivity contribution >= 4 is 16.8 Å². The molecule has 1 nitrogen and oxygen atoms in total. The summed E-state index contributed by atoms with van der Waals surface area (Å²) in [6.45, 7) is 4.16. The number of allylic oxidation sites excluding steroid dienone is 1. The number of nitrogens with zero attached hydrogens (tertiary/aromatic N) is 1. The van der Waals surface area contributed by atoms with Gasteiger partial charge in [-0.05, 0) is 49.5 Å². The zero-order chi connectivity index (χ0) is 9.42. The van der Waals surface area contributed by atoms with Gasteiger partial charge in [0.25, 0.3) is 0 Å². The number of hydrogen-bond donors (Lipinski definition) is 0. The quantitative estimate of drug-likeness (QED) is 0.570. The molecule has 0 radical (unpaired) electrons. The number of rotatable bonds is 1. The molecule has 0 amide bonds. The third-order valence-corrected chi connectivity index (χ3v) is 3.67. The zero-order valence-corrected chi connectivity index (χ0v) is 9.01. The van der Waals surface area contributed by atoms with Crippen LogP contribution in [0.3, 0.4) is 0 Å². The van der Waals surface area contributed by atoms with Crippen molar-refractivity contribution in [3.8, 4) is 0 Å². The van der Waals surface area contributed by atoms with Crippen molar-refractivity contribution in [2.75, 3.05) is 0 Å². The lowest BCUT2D eigenvalue weighted by molar-refractivity contribution is 0.434. The van der Waals surface area contributed by atoms with Crippen LogP contribution in [0.1, 0.15) is 33.1 Å². The van der Waals surface area contributed by atoms with Gasteiger partial charge in [-0.25, -0.2) is 4.99 Å². The van der Waals surface area contributed by atoms with Crippen molar-refractivity contribution in [3.63, 3.8) is 0 Å². The van der Waals surface area contributed by atoms with E-state index in [1.165, 1.54) is 24.8 Å². The Morgan fingerprint density at radius 1 is 1.54 bits per heavy atom. The fourth-order valence-corrected chi connectivity index (χ4v) is 2.85. The lowest BCUT2D eigenvalue weighted by Gasteiger charge is -2.19. The predicted octanol–water partition coefficient (Wildman–Crippen LogP) is 3.59. The molecule has 0 saturated heterocycles. The fourth-order valence-electron chi connectivity index (χ4n) is 2.80. The molecule has 0 heterocycles. The van der Waals surface area contributed by atoms with Gasteiger partial charge in [0.05, 0.1) is 0 Å². The summed E-state index contributed by atoms with van der Waals surface area (Å²) in [6.07, 6.45) is 6.20. The Balaban J connectivity index is 2.16. The fraction of sp³-hybridized carbons (Fsp3) is 0.727. The molecule has 2 aliphatic carbocycles. The molecule has 2 heteroatoms. The van der Waals surface area contributed by atoms with E-state index in [1.807, 2.05) is 13.1 Å². The number of halogens is 1. The third-order valence-electron chi connectivity index (χ3n) is 3.57. The summed E-state index contributed by atoms with van der Waals surface area (Å²) >= 11 is 5.71. The van der Waals surface area contributed by atoms with Gasteiger partial charge < -0.3 is 0 Å². The van der Waals surface area contributed by atoms with Crippen LogP contribution in [0.25, 0.3) is 0 Å². The number of fused-ring (bicyclic) bond motifs is 2. The van der Waals surface area contributed by atoms with Gasteiger partial charge in [0.2, 0.25) is 0 Å². The molecule has 3 atom stereocenters. The molecule has 2 aliphatic rings. The largest absolute Gasteiger partial charge is 0.249 e. The Labute approximate surface area is 84.9 Å². The van der Waals surface area contributed by atoms with Crippen LogP contribution in [0, 0.1) is 17.8 Å². The minimum Gasteiger partial charge on any atom is -0.249 e. The monoisotopic (exact) mass is 197 g/mol. The highest BCUT2D eigenvalue weighted by molar-refractivity contribution is 6.64.